The molecule has 29 heavy (non-hydrogen) atoms. The standard InChI is InChI=1S/C20H18FN5O3/c21-15-3-5-16(6-4-15)26-13-17(27)18(23-26)20(29)25-10-8-24(9-11-25)19(28)14-2-1-7-22-12-14/h1-7,12-13,27H,8-11H2. The zero-order valence-corrected chi connectivity index (χ0v) is 15.4. The number of rotatable bonds is 3. The number of aromatic nitrogens is 3. The van der Waals surface area contributed by atoms with Gasteiger partial charge in [-0.2, -0.15) is 5.10 Å². The van der Waals surface area contributed by atoms with Gasteiger partial charge in [-0.25, -0.2) is 9.07 Å². The molecule has 9 heteroatoms. The maximum absolute atomic E-state index is 13.1. The highest BCUT2D eigenvalue weighted by Gasteiger charge is 2.28. The van der Waals surface area contributed by atoms with Crippen molar-refractivity contribution in [2.75, 3.05) is 26.2 Å². The van der Waals surface area contributed by atoms with Crippen LogP contribution in [0.5, 0.6) is 5.75 Å². The van der Waals surface area contributed by atoms with Crippen molar-refractivity contribution in [2.45, 2.75) is 0 Å². The zero-order valence-electron chi connectivity index (χ0n) is 15.4. The van der Waals surface area contributed by atoms with Crippen LogP contribution in [0.25, 0.3) is 5.69 Å². The van der Waals surface area contributed by atoms with E-state index in [-0.39, 0.29) is 23.2 Å². The number of hydrogen-bond acceptors (Lipinski definition) is 5. The number of hydrogen-bond donors (Lipinski definition) is 1. The van der Waals surface area contributed by atoms with Gasteiger partial charge in [0.25, 0.3) is 11.8 Å². The topological polar surface area (TPSA) is 91.6 Å². The molecule has 1 aliphatic rings. The number of carbonyl (C=O) groups excluding carboxylic acids is 2. The molecule has 2 amide bonds. The van der Waals surface area contributed by atoms with Crippen LogP contribution in [-0.4, -0.2) is 67.7 Å². The van der Waals surface area contributed by atoms with E-state index in [4.69, 9.17) is 0 Å². The summed E-state index contributed by atoms with van der Waals surface area (Å²) in [6.45, 7) is 1.40. The second-order valence-corrected chi connectivity index (χ2v) is 6.61. The Hall–Kier alpha value is -3.75. The molecule has 0 aliphatic carbocycles. The Bertz CT molecular complexity index is 1030. The van der Waals surface area contributed by atoms with Crippen LogP contribution in [0.4, 0.5) is 4.39 Å². The van der Waals surface area contributed by atoms with E-state index in [1.54, 1.807) is 28.1 Å². The van der Waals surface area contributed by atoms with Gasteiger partial charge >= 0.3 is 0 Å². The van der Waals surface area contributed by atoms with Crippen LogP contribution in [0, 0.1) is 5.82 Å². The maximum atomic E-state index is 13.1. The number of aromatic hydroxyl groups is 1. The molecule has 1 saturated heterocycles. The number of piperazine rings is 1. The molecule has 4 rings (SSSR count). The molecule has 0 saturated carbocycles. The average Bonchev–Trinajstić information content (AvgIpc) is 3.15. The third-order valence-electron chi connectivity index (χ3n) is 4.75. The zero-order chi connectivity index (χ0) is 20.4. The van der Waals surface area contributed by atoms with Gasteiger partial charge in [0.1, 0.15) is 5.82 Å². The molecule has 0 atom stereocenters. The Morgan fingerprint density at radius 1 is 0.966 bits per heavy atom. The first-order valence-electron chi connectivity index (χ1n) is 9.06. The Kier molecular flexibility index (Phi) is 4.94. The van der Waals surface area contributed by atoms with E-state index >= 15 is 0 Å². The van der Waals surface area contributed by atoms with Crippen molar-refractivity contribution < 1.29 is 19.1 Å². The van der Waals surface area contributed by atoms with E-state index in [1.165, 1.54) is 41.3 Å². The summed E-state index contributed by atoms with van der Waals surface area (Å²) in [5.41, 5.74) is 0.942. The SMILES string of the molecule is O=C(c1cccnc1)N1CCN(C(=O)c2nn(-c3ccc(F)cc3)cc2O)CC1. The fraction of sp³-hybridized carbons (Fsp3) is 0.200. The quantitative estimate of drug-likeness (QED) is 0.729. The summed E-state index contributed by atoms with van der Waals surface area (Å²) in [6.07, 6.45) is 4.42. The largest absolute Gasteiger partial charge is 0.504 e. The molecule has 0 radical (unpaired) electrons. The highest BCUT2D eigenvalue weighted by Crippen LogP contribution is 2.21. The second-order valence-electron chi connectivity index (χ2n) is 6.61. The lowest BCUT2D eigenvalue weighted by molar-refractivity contribution is 0.0530. The fourth-order valence-electron chi connectivity index (χ4n) is 3.18. The molecule has 1 N–H and O–H groups in total. The van der Waals surface area contributed by atoms with Crippen molar-refractivity contribution in [3.05, 3.63) is 72.1 Å². The molecule has 0 unspecified atom stereocenters. The van der Waals surface area contributed by atoms with Gasteiger partial charge in [0.05, 0.1) is 17.4 Å². The van der Waals surface area contributed by atoms with Gasteiger partial charge in [0.2, 0.25) is 0 Å². The number of halogens is 1. The van der Waals surface area contributed by atoms with Crippen LogP contribution in [0.15, 0.2) is 55.0 Å². The molecule has 2 aromatic heterocycles. The maximum Gasteiger partial charge on any atom is 0.278 e. The Balaban J connectivity index is 1.43. The summed E-state index contributed by atoms with van der Waals surface area (Å²) >= 11 is 0. The van der Waals surface area contributed by atoms with Crippen LogP contribution in [0.2, 0.25) is 0 Å². The normalized spacial score (nSPS) is 14.1. The minimum Gasteiger partial charge on any atom is -0.504 e. The second kappa shape index (κ2) is 7.70. The molecular formula is C20H18FN5O3. The summed E-state index contributed by atoms with van der Waals surface area (Å²) in [6, 6.07) is 8.94. The van der Waals surface area contributed by atoms with Gasteiger partial charge < -0.3 is 14.9 Å². The molecule has 1 aromatic carbocycles. The van der Waals surface area contributed by atoms with Gasteiger partial charge in [0, 0.05) is 38.6 Å². The van der Waals surface area contributed by atoms with Gasteiger partial charge in [-0.3, -0.25) is 14.6 Å². The number of pyridine rings is 1. The summed E-state index contributed by atoms with van der Waals surface area (Å²) in [5, 5.41) is 14.3. The van der Waals surface area contributed by atoms with Crippen LogP contribution in [0.3, 0.4) is 0 Å². The highest BCUT2D eigenvalue weighted by molar-refractivity contribution is 5.96. The first-order chi connectivity index (χ1) is 14.0. The average molecular weight is 395 g/mol. The van der Waals surface area contributed by atoms with E-state index in [2.05, 4.69) is 10.1 Å². The summed E-state index contributed by atoms with van der Waals surface area (Å²) in [5.74, 6) is -1.20. The third-order valence-corrected chi connectivity index (χ3v) is 4.75. The molecule has 0 bridgehead atoms. The van der Waals surface area contributed by atoms with Crippen LogP contribution >= 0.6 is 0 Å². The highest BCUT2D eigenvalue weighted by atomic mass is 19.1. The minimum absolute atomic E-state index is 0.0821. The molecule has 8 nitrogen and oxygen atoms in total. The van der Waals surface area contributed by atoms with Crippen LogP contribution in [0.1, 0.15) is 20.8 Å². The van der Waals surface area contributed by atoms with Gasteiger partial charge in [-0.1, -0.05) is 0 Å². The van der Waals surface area contributed by atoms with Crippen molar-refractivity contribution in [1.82, 2.24) is 24.6 Å². The van der Waals surface area contributed by atoms with Crippen LogP contribution in [-0.2, 0) is 0 Å². The van der Waals surface area contributed by atoms with E-state index in [0.29, 0.717) is 37.4 Å². The van der Waals surface area contributed by atoms with Crippen LogP contribution < -0.4 is 0 Å². The first-order valence-corrected chi connectivity index (χ1v) is 9.06. The van der Waals surface area contributed by atoms with E-state index < -0.39 is 5.91 Å². The van der Waals surface area contributed by atoms with Crippen molar-refractivity contribution in [3.63, 3.8) is 0 Å². The lowest BCUT2D eigenvalue weighted by atomic mass is 10.2. The van der Waals surface area contributed by atoms with Crippen molar-refractivity contribution in [3.8, 4) is 11.4 Å². The Morgan fingerprint density at radius 3 is 2.24 bits per heavy atom. The molecule has 3 heterocycles. The third kappa shape index (κ3) is 3.79. The lowest BCUT2D eigenvalue weighted by Gasteiger charge is -2.34. The minimum atomic E-state index is -0.420. The molecule has 1 aliphatic heterocycles. The summed E-state index contributed by atoms with van der Waals surface area (Å²) in [4.78, 5) is 32.4. The lowest BCUT2D eigenvalue weighted by Crippen LogP contribution is -2.50. The first kappa shape index (κ1) is 18.6. The van der Waals surface area contributed by atoms with Gasteiger partial charge in [-0.15, -0.1) is 0 Å². The van der Waals surface area contributed by atoms with Crippen molar-refractivity contribution in [1.29, 1.82) is 0 Å². The van der Waals surface area contributed by atoms with E-state index in [0.717, 1.165) is 0 Å². The predicted octanol–water partition coefficient (Wildman–Crippen LogP) is 1.71. The number of benzene rings is 1. The smallest absolute Gasteiger partial charge is 0.278 e. The van der Waals surface area contributed by atoms with Crippen molar-refractivity contribution >= 4 is 11.8 Å². The Labute approximate surface area is 165 Å². The molecule has 148 valence electrons. The van der Waals surface area contributed by atoms with Crippen molar-refractivity contribution in [2.24, 2.45) is 0 Å². The molecule has 0 spiro atoms. The Morgan fingerprint density at radius 2 is 1.62 bits per heavy atom. The van der Waals surface area contributed by atoms with Gasteiger partial charge in [-0.05, 0) is 36.4 Å². The number of carbonyl (C=O) groups is 2. The molecule has 3 aromatic rings. The van der Waals surface area contributed by atoms with E-state index in [1.807, 2.05) is 0 Å². The summed E-state index contributed by atoms with van der Waals surface area (Å²) < 4.78 is 14.4. The summed E-state index contributed by atoms with van der Waals surface area (Å²) in [7, 11) is 0. The number of amides is 2. The van der Waals surface area contributed by atoms with E-state index in [9.17, 15) is 19.1 Å². The predicted molar refractivity (Wildman–Crippen MR) is 101 cm³/mol. The monoisotopic (exact) mass is 395 g/mol. The number of nitrogens with zero attached hydrogens (tertiary/aromatic N) is 5. The molecular weight excluding hydrogens is 377 g/mol. The molecule has 1 fully saturated rings. The fourth-order valence-corrected chi connectivity index (χ4v) is 3.18. The van der Waals surface area contributed by atoms with Gasteiger partial charge in [0.15, 0.2) is 11.4 Å².